The summed E-state index contributed by atoms with van der Waals surface area (Å²) < 4.78 is 0. The molecule has 7 N–H and O–H groups in total. The van der Waals surface area contributed by atoms with Gasteiger partial charge in [0.1, 0.15) is 6.26 Å². The van der Waals surface area contributed by atoms with Gasteiger partial charge in [0.2, 0.25) is 0 Å². The Labute approximate surface area is 178 Å². The molecule has 0 saturated carbocycles. The third-order valence-corrected chi connectivity index (χ3v) is 2.91. The molecule has 11 nitrogen and oxygen atoms in total. The van der Waals surface area contributed by atoms with Gasteiger partial charge in [0, 0.05) is 25.8 Å². The van der Waals surface area contributed by atoms with Crippen LogP contribution in [0, 0.1) is 0 Å². The highest BCUT2D eigenvalue weighted by Crippen LogP contribution is 1.82. The molecule has 176 valence electrons. The van der Waals surface area contributed by atoms with Crippen LogP contribution in [0.3, 0.4) is 0 Å². The van der Waals surface area contributed by atoms with E-state index in [9.17, 15) is 14.4 Å². The van der Waals surface area contributed by atoms with E-state index in [1.54, 1.807) is 18.5 Å². The van der Waals surface area contributed by atoms with Gasteiger partial charge in [-0.3, -0.25) is 0 Å². The molecule has 0 unspecified atom stereocenters. The lowest BCUT2D eigenvalue weighted by atomic mass is 10.3. The van der Waals surface area contributed by atoms with Gasteiger partial charge in [-0.15, -0.1) is 0 Å². The zero-order valence-electron chi connectivity index (χ0n) is 18.1. The minimum absolute atomic E-state index is 0.575. The number of carbonyl (C=O) groups is 3. The van der Waals surface area contributed by atoms with Crippen LogP contribution in [-0.2, 0) is 4.84 Å². The number of allylic oxidation sites excluding steroid dienone is 2. The summed E-state index contributed by atoms with van der Waals surface area (Å²) in [5.74, 6) is 0. The summed E-state index contributed by atoms with van der Waals surface area (Å²) in [5.41, 5.74) is 2.52. The summed E-state index contributed by atoms with van der Waals surface area (Å²) in [6, 6.07) is 0. The van der Waals surface area contributed by atoms with Crippen molar-refractivity contribution in [1.82, 2.24) is 21.4 Å². The largest absolute Gasteiger partial charge is 0.465 e. The first-order valence-corrected chi connectivity index (χ1v) is 9.94. The van der Waals surface area contributed by atoms with Gasteiger partial charge in [-0.2, -0.15) is 0 Å². The smallest absolute Gasteiger partial charge is 0.404 e. The average molecular weight is 435 g/mol. The number of nitrogens with one attached hydrogen (secondary N) is 4. The quantitative estimate of drug-likeness (QED) is 0.269. The molecule has 0 aromatic rings. The van der Waals surface area contributed by atoms with Crippen molar-refractivity contribution in [3.05, 3.63) is 24.6 Å². The van der Waals surface area contributed by atoms with Gasteiger partial charge in [0.15, 0.2) is 0 Å². The van der Waals surface area contributed by atoms with Crippen molar-refractivity contribution >= 4 is 18.3 Å². The lowest BCUT2D eigenvalue weighted by Gasteiger charge is -1.97. The minimum Gasteiger partial charge on any atom is -0.465 e. The molecule has 0 aromatic carbocycles. The Bertz CT molecular complexity index is 412. The second kappa shape index (κ2) is 28.1. The molecule has 0 saturated heterocycles. The lowest BCUT2D eigenvalue weighted by molar-refractivity contribution is 0.172. The number of hydrogen-bond acceptors (Lipinski definition) is 5. The normalized spacial score (nSPS) is 10.1. The summed E-state index contributed by atoms with van der Waals surface area (Å²) in [7, 11) is 0. The van der Waals surface area contributed by atoms with Crippen molar-refractivity contribution in [3.63, 3.8) is 0 Å². The van der Waals surface area contributed by atoms with E-state index in [1.165, 1.54) is 0 Å². The van der Waals surface area contributed by atoms with E-state index in [0.717, 1.165) is 38.5 Å². The Morgan fingerprint density at radius 1 is 0.733 bits per heavy atom. The van der Waals surface area contributed by atoms with Crippen LogP contribution in [0.2, 0.25) is 0 Å². The van der Waals surface area contributed by atoms with Gasteiger partial charge in [0.25, 0.3) is 0 Å². The Morgan fingerprint density at radius 3 is 1.23 bits per heavy atom. The van der Waals surface area contributed by atoms with Crippen LogP contribution in [0.4, 0.5) is 14.4 Å². The first kappa shape index (κ1) is 31.6. The fourth-order valence-corrected chi connectivity index (χ4v) is 1.37. The standard InChI is InChI=1S/3C5H11NO2.C4H5NO/c3*1-2-3-4-6-5(7)8;1-2-4-6-5-3-1/h3*6H,2-4H2,1H3,(H,7,8);1-5H. The number of unbranched alkanes of at least 4 members (excludes halogenated alkanes) is 3. The number of rotatable bonds is 9. The van der Waals surface area contributed by atoms with E-state index in [0.29, 0.717) is 19.6 Å². The number of carboxylic acid groups (broad SMARTS) is 3. The fourth-order valence-electron chi connectivity index (χ4n) is 1.37. The van der Waals surface area contributed by atoms with Gasteiger partial charge in [-0.05, 0) is 31.4 Å². The zero-order chi connectivity index (χ0) is 23.5. The number of hydroxylamine groups is 1. The van der Waals surface area contributed by atoms with Gasteiger partial charge in [-0.1, -0.05) is 40.0 Å². The first-order chi connectivity index (χ1) is 14.3. The summed E-state index contributed by atoms with van der Waals surface area (Å²) in [5, 5.41) is 30.9. The molecule has 0 atom stereocenters. The van der Waals surface area contributed by atoms with Crippen molar-refractivity contribution in [2.45, 2.75) is 59.3 Å². The second-order valence-electron chi connectivity index (χ2n) is 5.68. The van der Waals surface area contributed by atoms with Crippen molar-refractivity contribution in [2.24, 2.45) is 0 Å². The van der Waals surface area contributed by atoms with Gasteiger partial charge in [-0.25, -0.2) is 19.9 Å². The maximum Gasteiger partial charge on any atom is 0.404 e. The SMILES string of the molecule is C1=CNOC=C1.CCCCNC(=O)O.CCCCNC(=O)O.CCCCNC(=O)O. The van der Waals surface area contributed by atoms with Crippen LogP contribution in [0.15, 0.2) is 24.6 Å². The zero-order valence-corrected chi connectivity index (χ0v) is 18.1. The summed E-state index contributed by atoms with van der Waals surface area (Å²) in [4.78, 5) is 33.8. The van der Waals surface area contributed by atoms with Crippen molar-refractivity contribution < 1.29 is 34.5 Å². The van der Waals surface area contributed by atoms with Crippen LogP contribution >= 0.6 is 0 Å². The highest BCUT2D eigenvalue weighted by molar-refractivity contribution is 5.64. The molecule has 1 heterocycles. The Morgan fingerprint density at radius 2 is 1.10 bits per heavy atom. The molecule has 0 aromatic heterocycles. The Balaban J connectivity index is -0.000000325. The highest BCUT2D eigenvalue weighted by atomic mass is 16.6. The van der Waals surface area contributed by atoms with Crippen LogP contribution in [0.25, 0.3) is 0 Å². The van der Waals surface area contributed by atoms with Gasteiger partial charge < -0.3 is 36.1 Å². The predicted octanol–water partition coefficient (Wildman–Crippen LogP) is 3.71. The first-order valence-electron chi connectivity index (χ1n) is 9.94. The molecular weight excluding hydrogens is 396 g/mol. The molecule has 0 spiro atoms. The third kappa shape index (κ3) is 44.4. The second-order valence-corrected chi connectivity index (χ2v) is 5.68. The van der Waals surface area contributed by atoms with E-state index < -0.39 is 18.3 Å². The molecule has 1 rings (SSSR count). The molecule has 11 heteroatoms. The van der Waals surface area contributed by atoms with E-state index in [4.69, 9.17) is 15.3 Å². The van der Waals surface area contributed by atoms with Crippen molar-refractivity contribution in [3.8, 4) is 0 Å². The van der Waals surface area contributed by atoms with E-state index in [2.05, 4.69) is 26.3 Å². The van der Waals surface area contributed by atoms with Crippen LogP contribution in [-0.4, -0.2) is 53.2 Å². The molecule has 0 aliphatic carbocycles. The summed E-state index contributed by atoms with van der Waals surface area (Å²) in [6.07, 6.45) is 9.99. The summed E-state index contributed by atoms with van der Waals surface area (Å²) in [6.45, 7) is 7.78. The van der Waals surface area contributed by atoms with Gasteiger partial charge in [0.05, 0.1) is 0 Å². The van der Waals surface area contributed by atoms with E-state index >= 15 is 0 Å². The average Bonchev–Trinajstić information content (AvgIpc) is 2.71. The monoisotopic (exact) mass is 434 g/mol. The summed E-state index contributed by atoms with van der Waals surface area (Å²) >= 11 is 0. The third-order valence-electron chi connectivity index (χ3n) is 2.91. The van der Waals surface area contributed by atoms with Crippen LogP contribution in [0.1, 0.15) is 59.3 Å². The molecule has 0 radical (unpaired) electrons. The fraction of sp³-hybridized carbons (Fsp3) is 0.632. The molecule has 1 aliphatic rings. The molecule has 1 aliphatic heterocycles. The Hall–Kier alpha value is -3.11. The maximum atomic E-state index is 9.76. The highest BCUT2D eigenvalue weighted by Gasteiger charge is 1.90. The molecular formula is C19H38N4O7. The molecule has 30 heavy (non-hydrogen) atoms. The lowest BCUT2D eigenvalue weighted by Crippen LogP contribution is -2.21. The molecule has 3 amide bonds. The minimum atomic E-state index is -0.932. The number of hydrogen-bond donors (Lipinski definition) is 7. The van der Waals surface area contributed by atoms with E-state index in [1.807, 2.05) is 26.8 Å². The van der Waals surface area contributed by atoms with Crippen LogP contribution in [0.5, 0.6) is 0 Å². The van der Waals surface area contributed by atoms with Crippen LogP contribution < -0.4 is 21.4 Å². The number of amides is 3. The van der Waals surface area contributed by atoms with E-state index in [-0.39, 0.29) is 0 Å². The molecule has 0 fully saturated rings. The predicted molar refractivity (Wildman–Crippen MR) is 115 cm³/mol. The van der Waals surface area contributed by atoms with Crippen molar-refractivity contribution in [2.75, 3.05) is 19.6 Å². The maximum absolute atomic E-state index is 9.76. The topological polar surface area (TPSA) is 169 Å². The Kier molecular flexibility index (Phi) is 29.6. The van der Waals surface area contributed by atoms with Crippen molar-refractivity contribution in [1.29, 1.82) is 0 Å². The molecule has 0 bridgehead atoms. The van der Waals surface area contributed by atoms with Gasteiger partial charge >= 0.3 is 18.3 Å².